The van der Waals surface area contributed by atoms with Crippen LogP contribution in [0.1, 0.15) is 67.9 Å². The molecule has 1 aromatic carbocycles. The van der Waals surface area contributed by atoms with Crippen molar-refractivity contribution in [3.8, 4) is 0 Å². The highest BCUT2D eigenvalue weighted by Gasteiger charge is 2.58. The zero-order valence-corrected chi connectivity index (χ0v) is 15.8. The highest BCUT2D eigenvalue weighted by atomic mass is 19.1. The molecular weight excluding hydrogens is 273 g/mol. The fourth-order valence-corrected chi connectivity index (χ4v) is 4.50. The molecule has 2 heteroatoms. The molecular formula is C20H32FN. The Hall–Kier alpha value is -1.05. The van der Waals surface area contributed by atoms with Crippen molar-refractivity contribution in [1.29, 1.82) is 0 Å². The van der Waals surface area contributed by atoms with Gasteiger partial charge in [-0.05, 0) is 49.3 Å². The first-order valence-corrected chi connectivity index (χ1v) is 8.29. The van der Waals surface area contributed by atoms with E-state index in [-0.39, 0.29) is 27.6 Å². The fraction of sp³-hybridized carbons (Fsp3) is 0.700. The van der Waals surface area contributed by atoms with Crippen molar-refractivity contribution in [1.82, 2.24) is 0 Å². The van der Waals surface area contributed by atoms with E-state index in [4.69, 9.17) is 0 Å². The van der Waals surface area contributed by atoms with E-state index < -0.39 is 0 Å². The fourth-order valence-electron chi connectivity index (χ4n) is 4.50. The van der Waals surface area contributed by atoms with Crippen LogP contribution in [-0.4, -0.2) is 12.1 Å². The summed E-state index contributed by atoms with van der Waals surface area (Å²) in [6.07, 6.45) is 0. The quantitative estimate of drug-likeness (QED) is 0.588. The maximum absolute atomic E-state index is 13.9. The second kappa shape index (κ2) is 4.72. The minimum absolute atomic E-state index is 0.0175. The maximum Gasteiger partial charge on any atom is 0.125 e. The van der Waals surface area contributed by atoms with E-state index in [0.717, 1.165) is 12.2 Å². The van der Waals surface area contributed by atoms with Gasteiger partial charge < -0.3 is 4.90 Å². The van der Waals surface area contributed by atoms with Crippen molar-refractivity contribution in [2.24, 2.45) is 10.8 Å². The number of hydrogen-bond acceptors (Lipinski definition) is 1. The second-order valence-corrected chi connectivity index (χ2v) is 9.82. The number of halogens is 1. The summed E-state index contributed by atoms with van der Waals surface area (Å²) in [4.78, 5) is 2.39. The van der Waals surface area contributed by atoms with Gasteiger partial charge in [-0.2, -0.15) is 0 Å². The lowest BCUT2D eigenvalue weighted by Crippen LogP contribution is -2.55. The van der Waals surface area contributed by atoms with Crippen LogP contribution >= 0.6 is 0 Å². The Morgan fingerprint density at radius 1 is 0.909 bits per heavy atom. The van der Waals surface area contributed by atoms with E-state index in [1.807, 2.05) is 6.07 Å². The van der Waals surface area contributed by atoms with Crippen LogP contribution in [0.4, 0.5) is 10.1 Å². The molecule has 0 aromatic heterocycles. The minimum Gasteiger partial charge on any atom is -0.365 e. The number of rotatable bonds is 0. The first-order chi connectivity index (χ1) is 9.72. The summed E-state index contributed by atoms with van der Waals surface area (Å²) in [5.41, 5.74) is 2.48. The highest BCUT2D eigenvalue weighted by molar-refractivity contribution is 5.66. The predicted molar refractivity (Wildman–Crippen MR) is 94.1 cm³/mol. The van der Waals surface area contributed by atoms with Gasteiger partial charge in [0.05, 0.1) is 0 Å². The van der Waals surface area contributed by atoms with E-state index in [0.29, 0.717) is 0 Å². The summed E-state index contributed by atoms with van der Waals surface area (Å²) in [6.45, 7) is 21.5. The highest BCUT2D eigenvalue weighted by Crippen LogP contribution is 2.60. The maximum atomic E-state index is 13.9. The Morgan fingerprint density at radius 3 is 1.82 bits per heavy atom. The van der Waals surface area contributed by atoms with Gasteiger partial charge in [-0.25, -0.2) is 4.39 Å². The van der Waals surface area contributed by atoms with Gasteiger partial charge in [0.2, 0.25) is 0 Å². The van der Waals surface area contributed by atoms with Crippen LogP contribution in [0.2, 0.25) is 0 Å². The Balaban J connectivity index is 2.81. The summed E-state index contributed by atoms with van der Waals surface area (Å²) < 4.78 is 13.9. The standard InChI is InChI=1S/C20H32FN/c1-17(2,3)20(18(4,5)6)13-22(19(7,8)9)16-12-14(21)10-11-15(16)20/h10-12H,13H2,1-9H3. The molecule has 0 radical (unpaired) electrons. The van der Waals surface area contributed by atoms with Crippen LogP contribution in [0.15, 0.2) is 18.2 Å². The lowest BCUT2D eigenvalue weighted by Gasteiger charge is -2.52. The molecule has 1 nitrogen and oxygen atoms in total. The number of nitrogens with zero attached hydrogens (tertiary/aromatic N) is 1. The molecule has 0 aliphatic carbocycles. The molecule has 0 saturated heterocycles. The number of benzene rings is 1. The third-order valence-corrected chi connectivity index (χ3v) is 5.48. The molecule has 22 heavy (non-hydrogen) atoms. The van der Waals surface area contributed by atoms with Crippen molar-refractivity contribution in [3.05, 3.63) is 29.6 Å². The molecule has 0 saturated carbocycles. The van der Waals surface area contributed by atoms with Crippen LogP contribution in [0.3, 0.4) is 0 Å². The summed E-state index contributed by atoms with van der Waals surface area (Å²) >= 11 is 0. The second-order valence-electron chi connectivity index (χ2n) is 9.82. The van der Waals surface area contributed by atoms with Gasteiger partial charge in [0.1, 0.15) is 5.82 Å². The third kappa shape index (κ3) is 2.35. The third-order valence-electron chi connectivity index (χ3n) is 5.48. The predicted octanol–water partition coefficient (Wildman–Crippen LogP) is 5.77. The normalized spacial score (nSPS) is 18.5. The molecule has 0 atom stereocenters. The molecule has 1 aliphatic rings. The molecule has 1 aliphatic heterocycles. The summed E-state index contributed by atoms with van der Waals surface area (Å²) in [7, 11) is 0. The Morgan fingerprint density at radius 2 is 1.41 bits per heavy atom. The minimum atomic E-state index is -0.147. The average molecular weight is 305 g/mol. The molecule has 0 unspecified atom stereocenters. The van der Waals surface area contributed by atoms with Crippen molar-refractivity contribution in [3.63, 3.8) is 0 Å². The average Bonchev–Trinajstić information content (AvgIpc) is 2.62. The zero-order valence-electron chi connectivity index (χ0n) is 15.8. The summed E-state index contributed by atoms with van der Waals surface area (Å²) in [6, 6.07) is 5.37. The van der Waals surface area contributed by atoms with Crippen molar-refractivity contribution >= 4 is 5.69 Å². The molecule has 0 spiro atoms. The first-order valence-electron chi connectivity index (χ1n) is 8.29. The Labute approximate surface area is 135 Å². The molecule has 2 rings (SSSR count). The number of fused-ring (bicyclic) bond motifs is 1. The molecule has 0 bridgehead atoms. The molecule has 124 valence electrons. The molecule has 1 aromatic rings. The molecule has 0 fully saturated rings. The van der Waals surface area contributed by atoms with Gasteiger partial charge in [0, 0.05) is 23.2 Å². The Kier molecular flexibility index (Phi) is 3.71. The van der Waals surface area contributed by atoms with Gasteiger partial charge in [-0.1, -0.05) is 47.6 Å². The van der Waals surface area contributed by atoms with E-state index in [2.05, 4.69) is 67.2 Å². The monoisotopic (exact) mass is 305 g/mol. The molecule has 1 heterocycles. The van der Waals surface area contributed by atoms with E-state index >= 15 is 0 Å². The van der Waals surface area contributed by atoms with Crippen molar-refractivity contribution in [2.45, 2.75) is 73.3 Å². The molecule has 0 N–H and O–H groups in total. The van der Waals surface area contributed by atoms with Crippen LogP contribution in [0.5, 0.6) is 0 Å². The first kappa shape index (κ1) is 17.3. The zero-order chi connectivity index (χ0) is 17.1. The van der Waals surface area contributed by atoms with Crippen molar-refractivity contribution in [2.75, 3.05) is 11.4 Å². The molecule has 0 amide bonds. The number of anilines is 1. The lowest BCUT2D eigenvalue weighted by atomic mass is 9.52. The largest absolute Gasteiger partial charge is 0.365 e. The lowest BCUT2D eigenvalue weighted by molar-refractivity contribution is 0.0635. The van der Waals surface area contributed by atoms with Gasteiger partial charge in [0.15, 0.2) is 0 Å². The van der Waals surface area contributed by atoms with Crippen LogP contribution in [0, 0.1) is 16.6 Å². The van der Waals surface area contributed by atoms with Gasteiger partial charge >= 0.3 is 0 Å². The van der Waals surface area contributed by atoms with Crippen LogP contribution < -0.4 is 4.90 Å². The van der Waals surface area contributed by atoms with E-state index in [1.165, 1.54) is 5.56 Å². The topological polar surface area (TPSA) is 3.24 Å². The number of hydrogen-bond donors (Lipinski definition) is 0. The summed E-state index contributed by atoms with van der Waals surface area (Å²) in [5.74, 6) is -0.147. The van der Waals surface area contributed by atoms with E-state index in [9.17, 15) is 4.39 Å². The van der Waals surface area contributed by atoms with Gasteiger partial charge in [0.25, 0.3) is 0 Å². The smallest absolute Gasteiger partial charge is 0.125 e. The summed E-state index contributed by atoms with van der Waals surface area (Å²) in [5, 5.41) is 0. The van der Waals surface area contributed by atoms with Crippen LogP contribution in [-0.2, 0) is 5.41 Å². The van der Waals surface area contributed by atoms with E-state index in [1.54, 1.807) is 12.1 Å². The van der Waals surface area contributed by atoms with Crippen LogP contribution in [0.25, 0.3) is 0 Å². The van der Waals surface area contributed by atoms with Crippen molar-refractivity contribution < 1.29 is 4.39 Å². The Bertz CT molecular complexity index is 553. The SMILES string of the molecule is CC(C)(C)N1CC(C(C)(C)C)(C(C)(C)C)c2ccc(F)cc21. The van der Waals surface area contributed by atoms with Gasteiger partial charge in [-0.15, -0.1) is 0 Å². The van der Waals surface area contributed by atoms with Gasteiger partial charge in [-0.3, -0.25) is 0 Å².